The minimum Gasteiger partial charge on any atom is -0.399 e. The van der Waals surface area contributed by atoms with Crippen LogP contribution < -0.4 is 5.73 Å². The van der Waals surface area contributed by atoms with E-state index in [0.29, 0.717) is 0 Å². The van der Waals surface area contributed by atoms with E-state index in [1.807, 2.05) is 48.5 Å². The zero-order valence-electron chi connectivity index (χ0n) is 10.3. The van der Waals surface area contributed by atoms with E-state index in [0.717, 1.165) is 28.0 Å². The second-order valence-electron chi connectivity index (χ2n) is 4.22. The second-order valence-corrected chi connectivity index (χ2v) is 5.16. The molecule has 3 nitrogen and oxygen atoms in total. The Balaban J connectivity index is 1.78. The number of imidazole rings is 1. The van der Waals surface area contributed by atoms with Crippen molar-refractivity contribution >= 4 is 17.4 Å². The smallest absolute Gasteiger partial charge is 0.189 e. The van der Waals surface area contributed by atoms with Crippen molar-refractivity contribution in [3.63, 3.8) is 0 Å². The summed E-state index contributed by atoms with van der Waals surface area (Å²) in [7, 11) is 0. The summed E-state index contributed by atoms with van der Waals surface area (Å²) in [6.07, 6.45) is 0. The Morgan fingerprint density at radius 1 is 0.895 bits per heavy atom. The zero-order chi connectivity index (χ0) is 13.1. The maximum Gasteiger partial charge on any atom is 0.189 e. The van der Waals surface area contributed by atoms with Crippen LogP contribution in [0.5, 0.6) is 0 Å². The van der Waals surface area contributed by atoms with Gasteiger partial charge in [0.1, 0.15) is 0 Å². The molecule has 2 N–H and O–H groups in total. The van der Waals surface area contributed by atoms with Gasteiger partial charge in [-0.25, -0.2) is 9.97 Å². The molecule has 0 aromatic heterocycles. The van der Waals surface area contributed by atoms with Crippen molar-refractivity contribution in [1.29, 1.82) is 0 Å². The third-order valence-corrected chi connectivity index (χ3v) is 3.66. The van der Waals surface area contributed by atoms with Gasteiger partial charge in [0.05, 0.1) is 11.4 Å². The molecule has 2 aliphatic rings. The van der Waals surface area contributed by atoms with Gasteiger partial charge in [-0.1, -0.05) is 42.1 Å². The number of nitrogens with two attached hydrogens (primary N) is 1. The predicted molar refractivity (Wildman–Crippen MR) is 79.1 cm³/mol. The van der Waals surface area contributed by atoms with Crippen LogP contribution in [0.3, 0.4) is 0 Å². The Labute approximate surface area is 116 Å². The lowest BCUT2D eigenvalue weighted by atomic mass is 10.2. The number of hydrogen-bond donors (Lipinski definition) is 1. The maximum absolute atomic E-state index is 5.76. The quantitative estimate of drug-likeness (QED) is 0.583. The molecule has 0 fully saturated rings. The standard InChI is InChI=1S/C15H13N3S/c16-12-6-4-5-11(9-12)10-19-15-17-13-7-2-1-3-8-14(13)18-15/h1-9H,10,16H2. The first kappa shape index (κ1) is 12.0. The molecule has 0 radical (unpaired) electrons. The highest BCUT2D eigenvalue weighted by atomic mass is 32.2. The molecule has 0 amide bonds. The fourth-order valence-electron chi connectivity index (χ4n) is 1.84. The molecule has 0 saturated heterocycles. The molecule has 0 unspecified atom stereocenters. The van der Waals surface area contributed by atoms with Crippen LogP contribution in [0.4, 0.5) is 5.69 Å². The average Bonchev–Trinajstić information content (AvgIpc) is 2.67. The first-order valence-electron chi connectivity index (χ1n) is 6.01. The summed E-state index contributed by atoms with van der Waals surface area (Å²) in [5.74, 6) is 0.827. The summed E-state index contributed by atoms with van der Waals surface area (Å²) in [5.41, 5.74) is 9.60. The van der Waals surface area contributed by atoms with Crippen LogP contribution in [0.2, 0.25) is 0 Å². The SMILES string of the molecule is Nc1cccc(CSc2nc3cccccc-3n2)c1. The fourth-order valence-corrected chi connectivity index (χ4v) is 2.64. The molecule has 4 heteroatoms. The number of thioether (sulfide) groups is 1. The normalized spacial score (nSPS) is 10.7. The highest BCUT2D eigenvalue weighted by Gasteiger charge is 2.09. The fraction of sp³-hybridized carbons (Fsp3) is 0.0667. The predicted octanol–water partition coefficient (Wildman–Crippen LogP) is 3.46. The topological polar surface area (TPSA) is 51.8 Å². The van der Waals surface area contributed by atoms with Crippen LogP contribution in [0.15, 0.2) is 59.8 Å². The summed E-state index contributed by atoms with van der Waals surface area (Å²) in [4.78, 5) is 9.02. The van der Waals surface area contributed by atoms with Crippen LogP contribution in [0.1, 0.15) is 5.56 Å². The van der Waals surface area contributed by atoms with Gasteiger partial charge in [-0.2, -0.15) is 0 Å². The Morgan fingerprint density at radius 3 is 2.32 bits per heavy atom. The third-order valence-electron chi connectivity index (χ3n) is 2.74. The van der Waals surface area contributed by atoms with Gasteiger partial charge in [0.15, 0.2) is 5.16 Å². The first-order chi connectivity index (χ1) is 9.31. The minimum atomic E-state index is 0.790. The molecule has 94 valence electrons. The van der Waals surface area contributed by atoms with Gasteiger partial charge in [-0.3, -0.25) is 0 Å². The molecule has 1 aromatic rings. The highest BCUT2D eigenvalue weighted by Crippen LogP contribution is 2.26. The van der Waals surface area contributed by atoms with E-state index in [-0.39, 0.29) is 0 Å². The van der Waals surface area contributed by atoms with Crippen molar-refractivity contribution in [2.75, 3.05) is 5.73 Å². The Morgan fingerprint density at radius 2 is 1.63 bits per heavy atom. The Hall–Kier alpha value is -2.07. The molecule has 0 atom stereocenters. The van der Waals surface area contributed by atoms with Gasteiger partial charge < -0.3 is 5.73 Å². The van der Waals surface area contributed by atoms with E-state index in [4.69, 9.17) is 5.73 Å². The molecular weight excluding hydrogens is 254 g/mol. The van der Waals surface area contributed by atoms with E-state index in [1.165, 1.54) is 5.56 Å². The first-order valence-corrected chi connectivity index (χ1v) is 7.00. The summed E-state index contributed by atoms with van der Waals surface area (Å²) in [6.45, 7) is 0. The molecular formula is C15H13N3S. The van der Waals surface area contributed by atoms with Crippen molar-refractivity contribution in [3.05, 3.63) is 60.2 Å². The minimum absolute atomic E-state index is 0.790. The molecule has 1 heterocycles. The van der Waals surface area contributed by atoms with Crippen molar-refractivity contribution in [2.45, 2.75) is 10.9 Å². The largest absolute Gasteiger partial charge is 0.399 e. The van der Waals surface area contributed by atoms with Crippen LogP contribution in [0.25, 0.3) is 11.4 Å². The zero-order valence-corrected chi connectivity index (χ0v) is 11.1. The number of rotatable bonds is 3. The molecule has 0 bridgehead atoms. The van der Waals surface area contributed by atoms with Gasteiger partial charge in [-0.05, 0) is 29.8 Å². The third kappa shape index (κ3) is 2.85. The number of aromatic nitrogens is 2. The van der Waals surface area contributed by atoms with E-state index < -0.39 is 0 Å². The number of anilines is 1. The van der Waals surface area contributed by atoms with Gasteiger partial charge in [0.2, 0.25) is 0 Å². The molecule has 1 aliphatic carbocycles. The van der Waals surface area contributed by atoms with Gasteiger partial charge in [0, 0.05) is 11.4 Å². The average molecular weight is 267 g/mol. The lowest BCUT2D eigenvalue weighted by molar-refractivity contribution is 1.07. The molecule has 1 aromatic carbocycles. The van der Waals surface area contributed by atoms with Crippen molar-refractivity contribution in [3.8, 4) is 11.4 Å². The molecule has 0 spiro atoms. The molecule has 3 rings (SSSR count). The summed E-state index contributed by atoms with van der Waals surface area (Å²) >= 11 is 1.63. The lowest BCUT2D eigenvalue weighted by Gasteiger charge is -1.99. The molecule has 0 saturated carbocycles. The maximum atomic E-state index is 5.76. The second kappa shape index (κ2) is 5.28. The van der Waals surface area contributed by atoms with E-state index in [2.05, 4.69) is 16.0 Å². The number of nitrogen functional groups attached to an aromatic ring is 1. The van der Waals surface area contributed by atoms with Gasteiger partial charge >= 0.3 is 0 Å². The van der Waals surface area contributed by atoms with Crippen LogP contribution in [-0.2, 0) is 5.75 Å². The Kier molecular flexibility index (Phi) is 3.33. The summed E-state index contributed by atoms with van der Waals surface area (Å²) < 4.78 is 0. The number of benzene rings is 1. The van der Waals surface area contributed by atoms with Crippen LogP contribution >= 0.6 is 11.8 Å². The summed E-state index contributed by atoms with van der Waals surface area (Å²) in [6, 6.07) is 17.8. The summed E-state index contributed by atoms with van der Waals surface area (Å²) in [5, 5.41) is 0.809. The number of nitrogens with zero attached hydrogens (tertiary/aromatic N) is 2. The molecule has 1 aliphatic heterocycles. The van der Waals surface area contributed by atoms with E-state index in [1.54, 1.807) is 11.8 Å². The van der Waals surface area contributed by atoms with Crippen molar-refractivity contribution < 1.29 is 0 Å². The Bertz CT molecular complexity index is 638. The monoisotopic (exact) mass is 267 g/mol. The molecule has 19 heavy (non-hydrogen) atoms. The van der Waals surface area contributed by atoms with Crippen molar-refractivity contribution in [2.24, 2.45) is 0 Å². The van der Waals surface area contributed by atoms with E-state index >= 15 is 0 Å². The lowest BCUT2D eigenvalue weighted by Crippen LogP contribution is -1.87. The van der Waals surface area contributed by atoms with Gasteiger partial charge in [-0.15, -0.1) is 0 Å². The highest BCUT2D eigenvalue weighted by molar-refractivity contribution is 7.98. The van der Waals surface area contributed by atoms with E-state index in [9.17, 15) is 0 Å². The van der Waals surface area contributed by atoms with Crippen LogP contribution in [-0.4, -0.2) is 9.97 Å². The van der Waals surface area contributed by atoms with Crippen LogP contribution in [0, 0.1) is 0 Å². The van der Waals surface area contributed by atoms with Crippen molar-refractivity contribution in [1.82, 2.24) is 9.97 Å². The number of fused-ring (bicyclic) bond motifs is 1. The van der Waals surface area contributed by atoms with Gasteiger partial charge in [0.25, 0.3) is 0 Å². The number of hydrogen-bond acceptors (Lipinski definition) is 4.